The van der Waals surface area contributed by atoms with E-state index in [9.17, 15) is 9.90 Å². The summed E-state index contributed by atoms with van der Waals surface area (Å²) in [4.78, 5) is 16.9. The molecule has 0 aliphatic carbocycles. The van der Waals surface area contributed by atoms with Crippen LogP contribution in [-0.4, -0.2) is 27.5 Å². The number of phenols is 1. The Labute approximate surface area is 170 Å². The minimum Gasteiger partial charge on any atom is -0.507 e. The number of hydrogen-bond donors (Lipinski definition) is 2. The van der Waals surface area contributed by atoms with Crippen LogP contribution in [-0.2, 0) is 4.79 Å². The van der Waals surface area contributed by atoms with Crippen molar-refractivity contribution >= 4 is 56.2 Å². The van der Waals surface area contributed by atoms with Crippen molar-refractivity contribution in [3.63, 3.8) is 0 Å². The van der Waals surface area contributed by atoms with E-state index in [-0.39, 0.29) is 16.9 Å². The molecule has 7 heteroatoms. The predicted octanol–water partition coefficient (Wildman–Crippen LogP) is 4.79. The number of thiazole rings is 1. The molecule has 0 radical (unpaired) electrons. The number of aromatic hydroxyl groups is 1. The Morgan fingerprint density at radius 2 is 1.96 bits per heavy atom. The summed E-state index contributed by atoms with van der Waals surface area (Å²) < 4.78 is 1.95. The van der Waals surface area contributed by atoms with Crippen molar-refractivity contribution < 1.29 is 9.90 Å². The average molecular weight is 408 g/mol. The quantitative estimate of drug-likeness (QED) is 0.283. The minimum atomic E-state index is -0.348. The second-order valence-electron chi connectivity index (χ2n) is 6.16. The van der Waals surface area contributed by atoms with Crippen LogP contribution in [0.4, 0.5) is 0 Å². The van der Waals surface area contributed by atoms with E-state index < -0.39 is 0 Å². The number of nitrogens with one attached hydrogen (secondary N) is 1. The van der Waals surface area contributed by atoms with Crippen molar-refractivity contribution in [1.82, 2.24) is 10.4 Å². The number of thioether (sulfide) groups is 1. The Balaban J connectivity index is 1.44. The molecular formula is C21H17N3O2S2. The zero-order valence-corrected chi connectivity index (χ0v) is 16.6. The van der Waals surface area contributed by atoms with Crippen LogP contribution < -0.4 is 5.43 Å². The third kappa shape index (κ3) is 3.85. The van der Waals surface area contributed by atoms with Gasteiger partial charge in [0.05, 0.1) is 21.7 Å². The maximum atomic E-state index is 12.4. The molecule has 4 aromatic rings. The number of carbonyl (C=O) groups excluding carboxylic acids is 1. The van der Waals surface area contributed by atoms with E-state index in [1.807, 2.05) is 61.5 Å². The fraction of sp³-hybridized carbons (Fsp3) is 0.0952. The highest BCUT2D eigenvalue weighted by Crippen LogP contribution is 2.32. The lowest BCUT2D eigenvalue weighted by Crippen LogP contribution is -2.26. The minimum absolute atomic E-state index is 0.119. The second kappa shape index (κ2) is 8.00. The van der Waals surface area contributed by atoms with Crippen molar-refractivity contribution in [3.05, 3.63) is 66.2 Å². The van der Waals surface area contributed by atoms with E-state index in [1.165, 1.54) is 18.0 Å². The van der Waals surface area contributed by atoms with E-state index >= 15 is 0 Å². The number of carbonyl (C=O) groups is 1. The van der Waals surface area contributed by atoms with Crippen LogP contribution in [0.1, 0.15) is 12.5 Å². The number of hydrogen-bond acceptors (Lipinski definition) is 6. The van der Waals surface area contributed by atoms with Crippen molar-refractivity contribution in [2.45, 2.75) is 16.5 Å². The second-order valence-corrected chi connectivity index (χ2v) is 8.78. The van der Waals surface area contributed by atoms with Gasteiger partial charge in [-0.15, -0.1) is 11.3 Å². The monoisotopic (exact) mass is 407 g/mol. The van der Waals surface area contributed by atoms with E-state index in [0.29, 0.717) is 5.56 Å². The zero-order valence-electron chi connectivity index (χ0n) is 15.0. The van der Waals surface area contributed by atoms with Crippen molar-refractivity contribution in [2.75, 3.05) is 0 Å². The highest BCUT2D eigenvalue weighted by atomic mass is 32.2. The van der Waals surface area contributed by atoms with Crippen molar-refractivity contribution in [1.29, 1.82) is 0 Å². The molecular weight excluding hydrogens is 390 g/mol. The number of amides is 1. The molecule has 2 N–H and O–H groups in total. The molecule has 140 valence electrons. The normalized spacial score (nSPS) is 12.6. The van der Waals surface area contributed by atoms with Crippen LogP contribution >= 0.6 is 23.1 Å². The van der Waals surface area contributed by atoms with Gasteiger partial charge in [-0.05, 0) is 35.9 Å². The zero-order chi connectivity index (χ0) is 19.5. The molecule has 4 rings (SSSR count). The van der Waals surface area contributed by atoms with Crippen LogP contribution in [0.2, 0.25) is 0 Å². The van der Waals surface area contributed by atoms with Gasteiger partial charge in [0.2, 0.25) is 0 Å². The summed E-state index contributed by atoms with van der Waals surface area (Å²) in [6.45, 7) is 1.82. The molecule has 0 saturated carbocycles. The molecule has 3 aromatic carbocycles. The molecule has 0 fully saturated rings. The summed E-state index contributed by atoms with van der Waals surface area (Å²) in [5, 5.41) is 15.7. The summed E-state index contributed by atoms with van der Waals surface area (Å²) in [6.07, 6.45) is 1.48. The highest BCUT2D eigenvalue weighted by Gasteiger charge is 2.16. The third-order valence-electron chi connectivity index (χ3n) is 4.24. The number of rotatable bonds is 5. The van der Waals surface area contributed by atoms with Gasteiger partial charge in [-0.1, -0.05) is 54.2 Å². The number of fused-ring (bicyclic) bond motifs is 2. The van der Waals surface area contributed by atoms with E-state index in [4.69, 9.17) is 0 Å². The lowest BCUT2D eigenvalue weighted by Gasteiger charge is -2.07. The molecule has 0 saturated heterocycles. The maximum Gasteiger partial charge on any atom is 0.253 e. The van der Waals surface area contributed by atoms with Crippen LogP contribution in [0.5, 0.6) is 5.75 Å². The summed E-state index contributed by atoms with van der Waals surface area (Å²) in [5.74, 6) is -0.103. The molecule has 1 amide bonds. The SMILES string of the molecule is CC(Sc1nc2ccccc2s1)C(=O)N/N=C/c1c(O)ccc2ccccc12. The Hall–Kier alpha value is -2.90. The van der Waals surface area contributed by atoms with Gasteiger partial charge < -0.3 is 5.11 Å². The molecule has 0 aliphatic rings. The first-order valence-corrected chi connectivity index (χ1v) is 10.4. The van der Waals surface area contributed by atoms with Gasteiger partial charge in [-0.2, -0.15) is 5.10 Å². The highest BCUT2D eigenvalue weighted by molar-refractivity contribution is 8.02. The first kappa shape index (κ1) is 18.5. The molecule has 0 bridgehead atoms. The summed E-state index contributed by atoms with van der Waals surface area (Å²) in [6, 6.07) is 19.1. The molecule has 1 heterocycles. The maximum absolute atomic E-state index is 12.4. The smallest absolute Gasteiger partial charge is 0.253 e. The average Bonchev–Trinajstić information content (AvgIpc) is 3.11. The van der Waals surface area contributed by atoms with E-state index in [2.05, 4.69) is 15.5 Å². The molecule has 1 unspecified atom stereocenters. The lowest BCUT2D eigenvalue weighted by atomic mass is 10.0. The van der Waals surface area contributed by atoms with Crippen LogP contribution in [0.15, 0.2) is 70.1 Å². The number of nitrogens with zero attached hydrogens (tertiary/aromatic N) is 2. The number of phenolic OH excluding ortho intramolecular Hbond substituents is 1. The molecule has 1 aromatic heterocycles. The molecule has 0 aliphatic heterocycles. The number of hydrazone groups is 1. The number of para-hydroxylation sites is 1. The van der Waals surface area contributed by atoms with Gasteiger partial charge in [-0.3, -0.25) is 4.79 Å². The van der Waals surface area contributed by atoms with Crippen molar-refractivity contribution in [3.8, 4) is 5.75 Å². The largest absolute Gasteiger partial charge is 0.507 e. The third-order valence-corrected chi connectivity index (χ3v) is 6.47. The van der Waals surface area contributed by atoms with Gasteiger partial charge in [0.15, 0.2) is 4.34 Å². The Kier molecular flexibility index (Phi) is 5.27. The van der Waals surface area contributed by atoms with Gasteiger partial charge >= 0.3 is 0 Å². The summed E-state index contributed by atoms with van der Waals surface area (Å²) >= 11 is 2.97. The lowest BCUT2D eigenvalue weighted by molar-refractivity contribution is -0.120. The van der Waals surface area contributed by atoms with E-state index in [1.54, 1.807) is 17.4 Å². The fourth-order valence-corrected chi connectivity index (χ4v) is 4.98. The molecule has 1 atom stereocenters. The van der Waals surface area contributed by atoms with Crippen LogP contribution in [0, 0.1) is 0 Å². The molecule has 28 heavy (non-hydrogen) atoms. The van der Waals surface area contributed by atoms with Gasteiger partial charge in [-0.25, -0.2) is 10.4 Å². The first-order chi connectivity index (χ1) is 13.6. The fourth-order valence-electron chi connectivity index (χ4n) is 2.78. The Morgan fingerprint density at radius 1 is 1.18 bits per heavy atom. The number of benzene rings is 3. The Morgan fingerprint density at radius 3 is 2.82 bits per heavy atom. The predicted molar refractivity (Wildman–Crippen MR) is 116 cm³/mol. The molecule has 0 spiro atoms. The van der Waals surface area contributed by atoms with Crippen LogP contribution in [0.3, 0.4) is 0 Å². The number of aromatic nitrogens is 1. The van der Waals surface area contributed by atoms with Gasteiger partial charge in [0.1, 0.15) is 5.75 Å². The summed E-state index contributed by atoms with van der Waals surface area (Å²) in [5.41, 5.74) is 4.06. The standard InChI is InChI=1S/C21H17N3O2S2/c1-13(27-21-23-17-8-4-5-9-19(17)28-21)20(26)24-22-12-16-15-7-3-2-6-14(15)10-11-18(16)25/h2-13,25H,1H3,(H,24,26)/b22-12+. The molecule has 5 nitrogen and oxygen atoms in total. The van der Waals surface area contributed by atoms with Crippen LogP contribution in [0.25, 0.3) is 21.0 Å². The van der Waals surface area contributed by atoms with Crippen molar-refractivity contribution in [2.24, 2.45) is 5.10 Å². The summed E-state index contributed by atoms with van der Waals surface area (Å²) in [7, 11) is 0. The van der Waals surface area contributed by atoms with Gasteiger partial charge in [0, 0.05) is 5.56 Å². The Bertz CT molecular complexity index is 1150. The van der Waals surface area contributed by atoms with Gasteiger partial charge in [0.25, 0.3) is 5.91 Å². The topological polar surface area (TPSA) is 74.6 Å². The van der Waals surface area contributed by atoms with E-state index in [0.717, 1.165) is 25.3 Å². The first-order valence-electron chi connectivity index (χ1n) is 8.67.